The Morgan fingerprint density at radius 3 is 2.91 bits per heavy atom. The highest BCUT2D eigenvalue weighted by Gasteiger charge is 2.45. The van der Waals surface area contributed by atoms with Crippen LogP contribution in [0.1, 0.15) is 24.8 Å². The Morgan fingerprint density at radius 1 is 1.41 bits per heavy atom. The van der Waals surface area contributed by atoms with E-state index in [1.54, 1.807) is 6.07 Å². The maximum atomic E-state index is 12.9. The number of nitrogens with zero attached hydrogens (tertiary/aromatic N) is 2. The van der Waals surface area contributed by atoms with Crippen molar-refractivity contribution in [3.8, 4) is 18.1 Å². The van der Waals surface area contributed by atoms with Crippen molar-refractivity contribution in [3.63, 3.8) is 0 Å². The summed E-state index contributed by atoms with van der Waals surface area (Å²) in [7, 11) is 1.95. The molecule has 0 bridgehead atoms. The van der Waals surface area contributed by atoms with Gasteiger partial charge in [0.25, 0.3) is 0 Å². The number of alkyl halides is 3. The summed E-state index contributed by atoms with van der Waals surface area (Å²) in [5.41, 5.74) is 0.633. The highest BCUT2D eigenvalue weighted by atomic mass is 19.4. The normalized spacial score (nSPS) is 24.2. The standard InChI is InChI=1S/C22H27F3N4O3/c1-3-10-26-19(30)8-7-16-13-27-21(31)20-18(28(16)2)9-11-29(20)14-15-5-4-6-17(12-15)32-22(23,24)25/h1,4-6,12,16,18,20H,7-11,13-14H2,2H3,(H,26,30)(H,27,31)/t16-,18-,20-/m0/s1. The molecule has 2 fully saturated rings. The number of likely N-dealkylation sites (tertiary alicyclic amines) is 1. The molecule has 2 N–H and O–H groups in total. The minimum absolute atomic E-state index is 0.00556. The number of benzene rings is 1. The van der Waals surface area contributed by atoms with Crippen LogP contribution in [0, 0.1) is 12.3 Å². The van der Waals surface area contributed by atoms with Gasteiger partial charge < -0.3 is 15.4 Å². The van der Waals surface area contributed by atoms with Crippen LogP contribution >= 0.6 is 0 Å². The van der Waals surface area contributed by atoms with Gasteiger partial charge in [0.05, 0.1) is 6.54 Å². The number of fused-ring (bicyclic) bond motifs is 1. The largest absolute Gasteiger partial charge is 0.573 e. The van der Waals surface area contributed by atoms with Crippen LogP contribution in [0.15, 0.2) is 24.3 Å². The average molecular weight is 452 g/mol. The molecule has 0 unspecified atom stereocenters. The number of hydrogen-bond acceptors (Lipinski definition) is 5. The zero-order valence-corrected chi connectivity index (χ0v) is 17.8. The molecular formula is C22H27F3N4O3. The van der Waals surface area contributed by atoms with Crippen molar-refractivity contribution in [2.75, 3.05) is 26.7 Å². The molecule has 0 radical (unpaired) electrons. The molecule has 0 aromatic heterocycles. The van der Waals surface area contributed by atoms with E-state index in [1.165, 1.54) is 18.2 Å². The monoisotopic (exact) mass is 452 g/mol. The third-order valence-electron chi connectivity index (χ3n) is 5.96. The number of rotatable bonds is 7. The second kappa shape index (κ2) is 10.2. The molecule has 10 heteroatoms. The highest BCUT2D eigenvalue weighted by molar-refractivity contribution is 5.83. The molecule has 1 aromatic carbocycles. The van der Waals surface area contributed by atoms with Gasteiger partial charge in [-0.1, -0.05) is 18.1 Å². The van der Waals surface area contributed by atoms with Crippen molar-refractivity contribution < 1.29 is 27.5 Å². The number of hydrogen-bond donors (Lipinski definition) is 2. The Kier molecular flexibility index (Phi) is 7.64. The summed E-state index contributed by atoms with van der Waals surface area (Å²) in [6, 6.07) is 5.33. The minimum atomic E-state index is -4.76. The average Bonchev–Trinajstić information content (AvgIpc) is 3.09. The van der Waals surface area contributed by atoms with Gasteiger partial charge in [-0.25, -0.2) is 0 Å². The minimum Gasteiger partial charge on any atom is -0.406 e. The van der Waals surface area contributed by atoms with Crippen molar-refractivity contribution in [2.24, 2.45) is 0 Å². The molecule has 0 spiro atoms. The fraction of sp³-hybridized carbons (Fsp3) is 0.545. The fourth-order valence-corrected chi connectivity index (χ4v) is 4.44. The third-order valence-corrected chi connectivity index (χ3v) is 5.96. The lowest BCUT2D eigenvalue weighted by Crippen LogP contribution is -2.49. The van der Waals surface area contributed by atoms with Gasteiger partial charge in [-0.15, -0.1) is 19.6 Å². The summed E-state index contributed by atoms with van der Waals surface area (Å²) < 4.78 is 41.6. The van der Waals surface area contributed by atoms with Gasteiger partial charge in [0.1, 0.15) is 11.8 Å². The Labute approximate surface area is 185 Å². The van der Waals surface area contributed by atoms with Gasteiger partial charge in [-0.3, -0.25) is 19.4 Å². The summed E-state index contributed by atoms with van der Waals surface area (Å²) in [5.74, 6) is 1.84. The van der Waals surface area contributed by atoms with Crippen LogP contribution in [0.3, 0.4) is 0 Å². The van der Waals surface area contributed by atoms with E-state index in [9.17, 15) is 22.8 Å². The van der Waals surface area contributed by atoms with Gasteiger partial charge in [-0.2, -0.15) is 0 Å². The van der Waals surface area contributed by atoms with Crippen LogP contribution in [0.2, 0.25) is 0 Å². The summed E-state index contributed by atoms with van der Waals surface area (Å²) in [6.45, 7) is 1.57. The SMILES string of the molecule is C#CCNC(=O)CC[C@H]1CNC(=O)[C@@H]2[C@H](CCN2Cc2cccc(OC(F)(F)F)c2)N1C. The summed E-state index contributed by atoms with van der Waals surface area (Å²) in [4.78, 5) is 28.9. The van der Waals surface area contributed by atoms with Crippen molar-refractivity contribution in [2.45, 2.75) is 50.3 Å². The highest BCUT2D eigenvalue weighted by Crippen LogP contribution is 2.30. The van der Waals surface area contributed by atoms with Gasteiger partial charge in [0.15, 0.2) is 0 Å². The first-order valence-corrected chi connectivity index (χ1v) is 10.5. The zero-order chi connectivity index (χ0) is 23.3. The summed E-state index contributed by atoms with van der Waals surface area (Å²) in [5, 5.41) is 5.60. The van der Waals surface area contributed by atoms with Gasteiger partial charge in [0.2, 0.25) is 11.8 Å². The van der Waals surface area contributed by atoms with E-state index in [1.807, 2.05) is 11.9 Å². The van der Waals surface area contributed by atoms with E-state index in [0.29, 0.717) is 38.0 Å². The summed E-state index contributed by atoms with van der Waals surface area (Å²) in [6.07, 6.45) is 2.02. The Balaban J connectivity index is 1.65. The molecule has 2 heterocycles. The zero-order valence-electron chi connectivity index (χ0n) is 17.8. The number of ether oxygens (including phenoxy) is 1. The Hall–Kier alpha value is -2.77. The van der Waals surface area contributed by atoms with Crippen LogP contribution in [0.5, 0.6) is 5.75 Å². The molecule has 32 heavy (non-hydrogen) atoms. The molecule has 7 nitrogen and oxygen atoms in total. The first kappa shape index (κ1) is 23.9. The van der Waals surface area contributed by atoms with Crippen LogP contribution in [0.25, 0.3) is 0 Å². The molecule has 0 saturated carbocycles. The van der Waals surface area contributed by atoms with Crippen LogP contribution in [-0.4, -0.2) is 72.8 Å². The van der Waals surface area contributed by atoms with E-state index < -0.39 is 12.4 Å². The number of terminal acetylenes is 1. The third kappa shape index (κ3) is 6.14. The quantitative estimate of drug-likeness (QED) is 0.614. The Bertz CT molecular complexity index is 871. The molecule has 2 aliphatic heterocycles. The number of likely N-dealkylation sites (N-methyl/N-ethyl adjacent to an activating group) is 1. The Morgan fingerprint density at radius 2 is 2.19 bits per heavy atom. The van der Waals surface area contributed by atoms with Gasteiger partial charge >= 0.3 is 6.36 Å². The van der Waals surface area contributed by atoms with E-state index in [2.05, 4.69) is 26.2 Å². The maximum absolute atomic E-state index is 12.9. The number of carbonyl (C=O) groups is 2. The summed E-state index contributed by atoms with van der Waals surface area (Å²) >= 11 is 0. The lowest BCUT2D eigenvalue weighted by molar-refractivity contribution is -0.274. The fourth-order valence-electron chi connectivity index (χ4n) is 4.44. The van der Waals surface area contributed by atoms with Crippen molar-refractivity contribution >= 4 is 11.8 Å². The van der Waals surface area contributed by atoms with Crippen molar-refractivity contribution in [3.05, 3.63) is 29.8 Å². The lowest BCUT2D eigenvalue weighted by Gasteiger charge is -2.33. The molecule has 2 amide bonds. The molecule has 0 aliphatic carbocycles. The number of nitrogens with one attached hydrogen (secondary N) is 2. The number of halogens is 3. The lowest BCUT2D eigenvalue weighted by atomic mass is 10.0. The van der Waals surface area contributed by atoms with Crippen LogP contribution < -0.4 is 15.4 Å². The van der Waals surface area contributed by atoms with Gasteiger partial charge in [-0.05, 0) is 37.6 Å². The second-order valence-corrected chi connectivity index (χ2v) is 8.05. The number of carbonyl (C=O) groups excluding carboxylic acids is 2. The van der Waals surface area contributed by atoms with E-state index >= 15 is 0 Å². The smallest absolute Gasteiger partial charge is 0.406 e. The molecular weight excluding hydrogens is 425 g/mol. The molecule has 2 saturated heterocycles. The maximum Gasteiger partial charge on any atom is 0.573 e. The molecule has 174 valence electrons. The van der Waals surface area contributed by atoms with Crippen LogP contribution in [-0.2, 0) is 16.1 Å². The molecule has 2 aliphatic rings. The topological polar surface area (TPSA) is 73.9 Å². The van der Waals surface area contributed by atoms with E-state index in [-0.39, 0.29) is 36.2 Å². The van der Waals surface area contributed by atoms with E-state index in [0.717, 1.165) is 6.42 Å². The molecule has 1 aromatic rings. The predicted molar refractivity (Wildman–Crippen MR) is 111 cm³/mol. The molecule has 3 rings (SSSR count). The van der Waals surface area contributed by atoms with E-state index in [4.69, 9.17) is 6.42 Å². The first-order chi connectivity index (χ1) is 15.2. The van der Waals surface area contributed by atoms with Crippen LogP contribution in [0.4, 0.5) is 13.2 Å². The number of amides is 2. The van der Waals surface area contributed by atoms with Crippen molar-refractivity contribution in [1.29, 1.82) is 0 Å². The predicted octanol–water partition coefficient (Wildman–Crippen LogP) is 1.49. The second-order valence-electron chi connectivity index (χ2n) is 8.05. The van der Waals surface area contributed by atoms with Crippen molar-refractivity contribution in [1.82, 2.24) is 20.4 Å². The molecule has 3 atom stereocenters. The van der Waals surface area contributed by atoms with Gasteiger partial charge in [0, 0.05) is 38.1 Å². The first-order valence-electron chi connectivity index (χ1n) is 10.5.